The van der Waals surface area contributed by atoms with Crippen LogP contribution in [0.3, 0.4) is 0 Å². The fourth-order valence-corrected chi connectivity index (χ4v) is 2.78. The van der Waals surface area contributed by atoms with E-state index < -0.39 is 5.97 Å². The lowest BCUT2D eigenvalue weighted by atomic mass is 10.1. The van der Waals surface area contributed by atoms with Crippen LogP contribution in [-0.2, 0) is 5.75 Å². The molecule has 0 aliphatic heterocycles. The zero-order valence-corrected chi connectivity index (χ0v) is 12.0. The molecule has 0 saturated carbocycles. The highest BCUT2D eigenvalue weighted by Gasteiger charge is 2.06. The molecule has 0 unspecified atom stereocenters. The summed E-state index contributed by atoms with van der Waals surface area (Å²) in [5.74, 6) is -0.0760. The van der Waals surface area contributed by atoms with Crippen molar-refractivity contribution < 1.29 is 9.90 Å². The van der Waals surface area contributed by atoms with E-state index in [1.54, 1.807) is 23.9 Å². The van der Waals surface area contributed by atoms with Gasteiger partial charge in [0.1, 0.15) is 0 Å². The number of carbonyl (C=O) groups is 1. The van der Waals surface area contributed by atoms with Gasteiger partial charge in [-0.25, -0.2) is 4.79 Å². The fourth-order valence-electron chi connectivity index (χ4n) is 1.68. The predicted octanol–water partition coefficient (Wildman–Crippen LogP) is 4.64. The van der Waals surface area contributed by atoms with Crippen LogP contribution in [0.2, 0.25) is 5.02 Å². The van der Waals surface area contributed by atoms with Gasteiger partial charge in [-0.1, -0.05) is 17.7 Å². The molecule has 0 aliphatic rings. The summed E-state index contributed by atoms with van der Waals surface area (Å²) in [5.41, 5.74) is 2.48. The topological polar surface area (TPSA) is 37.3 Å². The summed E-state index contributed by atoms with van der Waals surface area (Å²) in [7, 11) is 0. The van der Waals surface area contributed by atoms with Crippen LogP contribution < -0.4 is 0 Å². The molecule has 0 heterocycles. The van der Waals surface area contributed by atoms with E-state index in [1.807, 2.05) is 37.3 Å². The average molecular weight is 293 g/mol. The summed E-state index contributed by atoms with van der Waals surface area (Å²) in [5, 5.41) is 9.64. The van der Waals surface area contributed by atoms with Gasteiger partial charge in [-0.2, -0.15) is 0 Å². The van der Waals surface area contributed by atoms with Gasteiger partial charge in [0.15, 0.2) is 0 Å². The molecule has 0 aromatic heterocycles. The highest BCUT2D eigenvalue weighted by molar-refractivity contribution is 7.98. The summed E-state index contributed by atoms with van der Waals surface area (Å²) in [6.07, 6.45) is 0. The van der Waals surface area contributed by atoms with E-state index in [2.05, 4.69) is 0 Å². The van der Waals surface area contributed by atoms with E-state index in [0.717, 1.165) is 26.8 Å². The molecule has 2 aromatic carbocycles. The predicted molar refractivity (Wildman–Crippen MR) is 79.2 cm³/mol. The lowest BCUT2D eigenvalue weighted by Gasteiger charge is -2.07. The fraction of sp³-hybridized carbons (Fsp3) is 0.133. The molecule has 0 radical (unpaired) electrons. The van der Waals surface area contributed by atoms with Crippen molar-refractivity contribution in [2.75, 3.05) is 0 Å². The first-order chi connectivity index (χ1) is 9.06. The van der Waals surface area contributed by atoms with E-state index in [-0.39, 0.29) is 0 Å². The quantitative estimate of drug-likeness (QED) is 0.834. The minimum Gasteiger partial charge on any atom is -0.478 e. The molecule has 0 aliphatic carbocycles. The summed E-state index contributed by atoms with van der Waals surface area (Å²) in [6, 6.07) is 12.9. The van der Waals surface area contributed by atoms with E-state index in [1.165, 1.54) is 0 Å². The Labute approximate surface area is 121 Å². The Bertz CT molecular complexity index is 594. The largest absolute Gasteiger partial charge is 0.478 e. The average Bonchev–Trinajstić information content (AvgIpc) is 2.39. The van der Waals surface area contributed by atoms with E-state index in [0.29, 0.717) is 5.56 Å². The monoisotopic (exact) mass is 292 g/mol. The minimum atomic E-state index is -0.889. The van der Waals surface area contributed by atoms with Gasteiger partial charge < -0.3 is 5.11 Å². The number of carboxylic acids is 1. The lowest BCUT2D eigenvalue weighted by molar-refractivity contribution is 0.0697. The second-order valence-corrected chi connectivity index (χ2v) is 5.67. The SMILES string of the molecule is Cc1cc(C(=O)O)ccc1CSc1ccc(Cl)cc1. The maximum Gasteiger partial charge on any atom is 0.335 e. The van der Waals surface area contributed by atoms with Gasteiger partial charge in [-0.15, -0.1) is 11.8 Å². The maximum atomic E-state index is 10.9. The van der Waals surface area contributed by atoms with Crippen LogP contribution in [0.4, 0.5) is 0 Å². The van der Waals surface area contributed by atoms with Crippen LogP contribution in [0, 0.1) is 6.92 Å². The third-order valence-corrected chi connectivity index (χ3v) is 4.11. The van der Waals surface area contributed by atoms with Crippen LogP contribution in [-0.4, -0.2) is 11.1 Å². The number of halogens is 1. The standard InChI is InChI=1S/C15H13ClO2S/c1-10-8-11(15(17)18)2-3-12(10)9-19-14-6-4-13(16)5-7-14/h2-8H,9H2,1H3,(H,17,18). The number of rotatable bonds is 4. The molecule has 2 nitrogen and oxygen atoms in total. The second-order valence-electron chi connectivity index (χ2n) is 4.19. The normalized spacial score (nSPS) is 10.4. The summed E-state index contributed by atoms with van der Waals surface area (Å²) in [6.45, 7) is 1.93. The lowest BCUT2D eigenvalue weighted by Crippen LogP contribution is -1.98. The number of aryl methyl sites for hydroxylation is 1. The molecule has 4 heteroatoms. The highest BCUT2D eigenvalue weighted by atomic mass is 35.5. The molecule has 19 heavy (non-hydrogen) atoms. The molecule has 0 amide bonds. The zero-order valence-electron chi connectivity index (χ0n) is 10.4. The molecule has 0 fully saturated rings. The number of benzene rings is 2. The van der Waals surface area contributed by atoms with Gasteiger partial charge in [0.25, 0.3) is 0 Å². The molecule has 98 valence electrons. The molecule has 1 N–H and O–H groups in total. The third kappa shape index (κ3) is 3.75. The van der Waals surface area contributed by atoms with Crippen molar-refractivity contribution in [3.8, 4) is 0 Å². The molecule has 0 saturated heterocycles. The number of hydrogen-bond donors (Lipinski definition) is 1. The molecule has 0 atom stereocenters. The number of hydrogen-bond acceptors (Lipinski definition) is 2. The summed E-state index contributed by atoms with van der Waals surface area (Å²) < 4.78 is 0. The maximum absolute atomic E-state index is 10.9. The molecule has 2 aromatic rings. The molecular formula is C15H13ClO2S. The van der Waals surface area contributed by atoms with Crippen molar-refractivity contribution in [2.45, 2.75) is 17.6 Å². The van der Waals surface area contributed by atoms with Crippen molar-refractivity contribution in [1.82, 2.24) is 0 Å². The smallest absolute Gasteiger partial charge is 0.335 e. The van der Waals surface area contributed by atoms with Crippen molar-refractivity contribution in [1.29, 1.82) is 0 Å². The van der Waals surface area contributed by atoms with Crippen molar-refractivity contribution in [2.24, 2.45) is 0 Å². The third-order valence-electron chi connectivity index (χ3n) is 2.80. The van der Waals surface area contributed by atoms with Crippen LogP contribution in [0.25, 0.3) is 0 Å². The first kappa shape index (κ1) is 14.0. The Morgan fingerprint density at radius 2 is 1.89 bits per heavy atom. The van der Waals surface area contributed by atoms with E-state index >= 15 is 0 Å². The Morgan fingerprint density at radius 3 is 2.47 bits per heavy atom. The van der Waals surface area contributed by atoms with Gasteiger partial charge >= 0.3 is 5.97 Å². The highest BCUT2D eigenvalue weighted by Crippen LogP contribution is 2.25. The van der Waals surface area contributed by atoms with Gasteiger partial charge in [0, 0.05) is 15.7 Å². The number of carboxylic acid groups (broad SMARTS) is 1. The van der Waals surface area contributed by atoms with Crippen molar-refractivity contribution in [3.63, 3.8) is 0 Å². The van der Waals surface area contributed by atoms with E-state index in [4.69, 9.17) is 16.7 Å². The number of thioether (sulfide) groups is 1. The molecular weight excluding hydrogens is 280 g/mol. The Hall–Kier alpha value is -1.45. The van der Waals surface area contributed by atoms with E-state index in [9.17, 15) is 4.79 Å². The Balaban J connectivity index is 2.07. The summed E-state index contributed by atoms with van der Waals surface area (Å²) >= 11 is 7.54. The van der Waals surface area contributed by atoms with Gasteiger partial charge in [-0.05, 0) is 54.4 Å². The Kier molecular flexibility index (Phi) is 4.51. The summed E-state index contributed by atoms with van der Waals surface area (Å²) in [4.78, 5) is 12.0. The van der Waals surface area contributed by atoms with Gasteiger partial charge in [-0.3, -0.25) is 0 Å². The minimum absolute atomic E-state index is 0.331. The molecule has 0 bridgehead atoms. The molecule has 2 rings (SSSR count). The van der Waals surface area contributed by atoms with Crippen molar-refractivity contribution >= 4 is 29.3 Å². The van der Waals surface area contributed by atoms with Crippen LogP contribution in [0.1, 0.15) is 21.5 Å². The Morgan fingerprint density at radius 1 is 1.21 bits per heavy atom. The zero-order chi connectivity index (χ0) is 13.8. The molecule has 0 spiro atoms. The van der Waals surface area contributed by atoms with Crippen molar-refractivity contribution in [3.05, 3.63) is 64.2 Å². The first-order valence-electron chi connectivity index (χ1n) is 5.77. The van der Waals surface area contributed by atoms with Crippen LogP contribution in [0.15, 0.2) is 47.4 Å². The first-order valence-corrected chi connectivity index (χ1v) is 7.14. The number of aromatic carboxylic acids is 1. The van der Waals surface area contributed by atoms with Crippen LogP contribution in [0.5, 0.6) is 0 Å². The van der Waals surface area contributed by atoms with Gasteiger partial charge in [0.05, 0.1) is 5.56 Å². The van der Waals surface area contributed by atoms with Crippen LogP contribution >= 0.6 is 23.4 Å². The van der Waals surface area contributed by atoms with Gasteiger partial charge in [0.2, 0.25) is 0 Å². The second kappa shape index (κ2) is 6.13.